The highest BCUT2D eigenvalue weighted by Crippen LogP contribution is 2.24. The quantitative estimate of drug-likeness (QED) is 0.524. The Balaban J connectivity index is 2.22. The largest absolute Gasteiger partial charge is 0.493 e. The van der Waals surface area contributed by atoms with E-state index in [0.717, 1.165) is 15.8 Å². The molecule has 0 aliphatic carbocycles. The molecule has 0 radical (unpaired) electrons. The topological polar surface area (TPSA) is 26.3 Å². The standard InChI is InChI=1S/C17H14BrClO2/c1-2-21-17-10-6-14(18)11-13(17)5-9-16(20)12-3-7-15(19)8-4-12/h3-11H,2H2,1H3/b9-5+. The second-order valence-corrected chi connectivity index (χ2v) is 5.67. The molecule has 2 nitrogen and oxygen atoms in total. The van der Waals surface area contributed by atoms with E-state index >= 15 is 0 Å². The first-order chi connectivity index (χ1) is 10.1. The minimum absolute atomic E-state index is 0.0749. The van der Waals surface area contributed by atoms with Gasteiger partial charge in [-0.25, -0.2) is 0 Å². The van der Waals surface area contributed by atoms with Crippen LogP contribution in [-0.4, -0.2) is 12.4 Å². The summed E-state index contributed by atoms with van der Waals surface area (Å²) in [5.74, 6) is 0.676. The summed E-state index contributed by atoms with van der Waals surface area (Å²) in [6.45, 7) is 2.50. The maximum Gasteiger partial charge on any atom is 0.185 e. The predicted octanol–water partition coefficient (Wildman–Crippen LogP) is 5.40. The summed E-state index contributed by atoms with van der Waals surface area (Å²) in [6.07, 6.45) is 3.29. The molecule has 0 N–H and O–H groups in total. The van der Waals surface area contributed by atoms with E-state index in [-0.39, 0.29) is 5.78 Å². The van der Waals surface area contributed by atoms with E-state index < -0.39 is 0 Å². The highest BCUT2D eigenvalue weighted by atomic mass is 79.9. The van der Waals surface area contributed by atoms with Crippen molar-refractivity contribution < 1.29 is 9.53 Å². The van der Waals surface area contributed by atoms with Crippen LogP contribution in [-0.2, 0) is 0 Å². The number of rotatable bonds is 5. The van der Waals surface area contributed by atoms with Crippen molar-refractivity contribution in [1.29, 1.82) is 0 Å². The van der Waals surface area contributed by atoms with Crippen LogP contribution in [0, 0.1) is 0 Å². The van der Waals surface area contributed by atoms with E-state index in [9.17, 15) is 4.79 Å². The molecule has 2 aromatic carbocycles. The van der Waals surface area contributed by atoms with Crippen LogP contribution < -0.4 is 4.74 Å². The number of ether oxygens (including phenoxy) is 1. The Morgan fingerprint density at radius 2 is 1.95 bits per heavy atom. The lowest BCUT2D eigenvalue weighted by Gasteiger charge is -2.07. The Bertz CT molecular complexity index is 663. The van der Waals surface area contributed by atoms with Crippen LogP contribution in [0.15, 0.2) is 53.0 Å². The second-order valence-electron chi connectivity index (χ2n) is 4.32. The number of carbonyl (C=O) groups is 1. The Morgan fingerprint density at radius 1 is 1.24 bits per heavy atom. The summed E-state index contributed by atoms with van der Waals surface area (Å²) in [5.41, 5.74) is 1.46. The average Bonchev–Trinajstić information content (AvgIpc) is 2.48. The van der Waals surface area contributed by atoms with E-state index in [1.807, 2.05) is 25.1 Å². The predicted molar refractivity (Wildman–Crippen MR) is 90.1 cm³/mol. The summed E-state index contributed by atoms with van der Waals surface area (Å²) in [7, 11) is 0. The molecule has 0 saturated carbocycles. The molecule has 2 rings (SSSR count). The fourth-order valence-corrected chi connectivity index (χ4v) is 2.32. The third-order valence-electron chi connectivity index (χ3n) is 2.81. The molecule has 0 bridgehead atoms. The van der Waals surface area contributed by atoms with Gasteiger partial charge in [-0.2, -0.15) is 0 Å². The molecule has 0 aliphatic rings. The van der Waals surface area contributed by atoms with Crippen molar-refractivity contribution in [2.24, 2.45) is 0 Å². The van der Waals surface area contributed by atoms with Gasteiger partial charge >= 0.3 is 0 Å². The van der Waals surface area contributed by atoms with Crippen LogP contribution in [0.1, 0.15) is 22.8 Å². The third kappa shape index (κ3) is 4.45. The Kier molecular flexibility index (Phi) is 5.59. The third-order valence-corrected chi connectivity index (χ3v) is 3.56. The van der Waals surface area contributed by atoms with Crippen molar-refractivity contribution >= 4 is 39.4 Å². The number of benzene rings is 2. The number of hydrogen-bond donors (Lipinski definition) is 0. The lowest BCUT2D eigenvalue weighted by Crippen LogP contribution is -1.95. The first-order valence-electron chi connectivity index (χ1n) is 6.50. The lowest BCUT2D eigenvalue weighted by atomic mass is 10.1. The van der Waals surface area contributed by atoms with Gasteiger partial charge in [-0.1, -0.05) is 27.5 Å². The van der Waals surface area contributed by atoms with Crippen LogP contribution >= 0.6 is 27.5 Å². The Hall–Kier alpha value is -1.58. The van der Waals surface area contributed by atoms with Gasteiger partial charge in [-0.15, -0.1) is 0 Å². The molecule has 0 unspecified atom stereocenters. The summed E-state index contributed by atoms with van der Waals surface area (Å²) >= 11 is 9.23. The van der Waals surface area contributed by atoms with Gasteiger partial charge in [-0.05, 0) is 61.5 Å². The van der Waals surface area contributed by atoms with Crippen LogP contribution in [0.5, 0.6) is 5.75 Å². The zero-order chi connectivity index (χ0) is 15.2. The van der Waals surface area contributed by atoms with Gasteiger partial charge in [0.25, 0.3) is 0 Å². The van der Waals surface area contributed by atoms with Gasteiger partial charge in [0.05, 0.1) is 6.61 Å². The van der Waals surface area contributed by atoms with E-state index in [1.54, 1.807) is 30.3 Å². The number of halogens is 2. The maximum atomic E-state index is 12.1. The van der Waals surface area contributed by atoms with Gasteiger partial charge in [0.15, 0.2) is 5.78 Å². The van der Waals surface area contributed by atoms with Crippen LogP contribution in [0.4, 0.5) is 0 Å². The fourth-order valence-electron chi connectivity index (χ4n) is 1.81. The van der Waals surface area contributed by atoms with Gasteiger partial charge in [0.1, 0.15) is 5.75 Å². The van der Waals surface area contributed by atoms with Crippen molar-refractivity contribution in [3.63, 3.8) is 0 Å². The number of allylic oxidation sites excluding steroid dienone is 1. The zero-order valence-electron chi connectivity index (χ0n) is 11.5. The highest BCUT2D eigenvalue weighted by Gasteiger charge is 2.04. The number of ketones is 1. The lowest BCUT2D eigenvalue weighted by molar-refractivity contribution is 0.104. The summed E-state index contributed by atoms with van der Waals surface area (Å²) < 4.78 is 6.48. The fraction of sp³-hybridized carbons (Fsp3) is 0.118. The molecular weight excluding hydrogens is 352 g/mol. The Labute approximate surface area is 137 Å². The molecule has 0 atom stereocenters. The molecule has 0 saturated heterocycles. The number of carbonyl (C=O) groups excluding carboxylic acids is 1. The van der Waals surface area contributed by atoms with E-state index in [2.05, 4.69) is 15.9 Å². The zero-order valence-corrected chi connectivity index (χ0v) is 13.8. The monoisotopic (exact) mass is 364 g/mol. The van der Waals surface area contributed by atoms with Gasteiger partial charge in [0, 0.05) is 20.6 Å². The SMILES string of the molecule is CCOc1ccc(Br)cc1/C=C/C(=O)c1ccc(Cl)cc1. The smallest absolute Gasteiger partial charge is 0.185 e. The first-order valence-corrected chi connectivity index (χ1v) is 7.67. The van der Waals surface area contributed by atoms with Gasteiger partial charge < -0.3 is 4.74 Å². The molecule has 108 valence electrons. The molecule has 2 aromatic rings. The van der Waals surface area contributed by atoms with Crippen molar-refractivity contribution in [3.8, 4) is 5.75 Å². The van der Waals surface area contributed by atoms with Crippen molar-refractivity contribution in [1.82, 2.24) is 0 Å². The van der Waals surface area contributed by atoms with E-state index in [1.165, 1.54) is 6.08 Å². The molecule has 0 heterocycles. The van der Waals surface area contributed by atoms with Crippen LogP contribution in [0.25, 0.3) is 6.08 Å². The summed E-state index contributed by atoms with van der Waals surface area (Å²) in [6, 6.07) is 12.5. The normalized spacial score (nSPS) is 10.8. The van der Waals surface area contributed by atoms with E-state index in [4.69, 9.17) is 16.3 Å². The van der Waals surface area contributed by atoms with Crippen molar-refractivity contribution in [2.75, 3.05) is 6.61 Å². The minimum atomic E-state index is -0.0749. The molecule has 21 heavy (non-hydrogen) atoms. The highest BCUT2D eigenvalue weighted by molar-refractivity contribution is 9.10. The molecule has 0 aliphatic heterocycles. The first kappa shape index (κ1) is 15.8. The van der Waals surface area contributed by atoms with E-state index in [0.29, 0.717) is 17.2 Å². The molecule has 0 aromatic heterocycles. The molecule has 0 fully saturated rings. The van der Waals surface area contributed by atoms with Crippen molar-refractivity contribution in [2.45, 2.75) is 6.92 Å². The molecular formula is C17H14BrClO2. The summed E-state index contributed by atoms with van der Waals surface area (Å²) in [5, 5.41) is 0.612. The molecule has 0 spiro atoms. The second kappa shape index (κ2) is 7.43. The average molecular weight is 366 g/mol. The van der Waals surface area contributed by atoms with Gasteiger partial charge in [0.2, 0.25) is 0 Å². The van der Waals surface area contributed by atoms with Crippen molar-refractivity contribution in [3.05, 3.63) is 69.2 Å². The minimum Gasteiger partial charge on any atom is -0.493 e. The maximum absolute atomic E-state index is 12.1. The summed E-state index contributed by atoms with van der Waals surface area (Å²) in [4.78, 5) is 12.1. The molecule has 0 amide bonds. The number of hydrogen-bond acceptors (Lipinski definition) is 2. The van der Waals surface area contributed by atoms with Crippen LogP contribution in [0.2, 0.25) is 5.02 Å². The molecule has 4 heteroatoms. The van der Waals surface area contributed by atoms with Crippen LogP contribution in [0.3, 0.4) is 0 Å². The van der Waals surface area contributed by atoms with Gasteiger partial charge in [-0.3, -0.25) is 4.79 Å². The Morgan fingerprint density at radius 3 is 2.62 bits per heavy atom.